The first-order chi connectivity index (χ1) is 23.6. The van der Waals surface area contributed by atoms with Crippen LogP contribution in [0.1, 0.15) is 122 Å². The van der Waals surface area contributed by atoms with Crippen LogP contribution in [-0.2, 0) is 0 Å². The second-order valence-electron chi connectivity index (χ2n) is 19.2. The molecule has 0 spiro atoms. The van der Waals surface area contributed by atoms with E-state index in [1.807, 2.05) is 19.1 Å². The molecule has 276 valence electrons. The summed E-state index contributed by atoms with van der Waals surface area (Å²) in [5.74, 6) is 2.44. The standard InChI is InChI=1S/C44H67N3O3/c1-29(2)33-15-20-44(45-23-24-46-25-27-47(28-26-46)30(3)48)22-21-42(7)35(38(33)44)13-14-37-41(6)18-16-34(31-9-11-32(12-10-31)39(49)50)40(4,5)36(41)17-19-43(37,42)8/h9-12,16,30,33,35-38,45,48H,1,13-15,17-28H2,2-8H3,(H,49,50). The molecule has 1 heterocycles. The Kier molecular flexibility index (Phi) is 9.35. The Labute approximate surface area is 303 Å². The molecule has 10 unspecified atom stereocenters. The number of hydrogen-bond donors (Lipinski definition) is 3. The van der Waals surface area contributed by atoms with Gasteiger partial charge in [-0.1, -0.05) is 65.0 Å². The van der Waals surface area contributed by atoms with Crippen LogP contribution in [0.15, 0.2) is 42.5 Å². The molecule has 0 radical (unpaired) electrons. The summed E-state index contributed by atoms with van der Waals surface area (Å²) in [6.07, 6.45) is 13.8. The van der Waals surface area contributed by atoms with Crippen molar-refractivity contribution in [3.8, 4) is 0 Å². The van der Waals surface area contributed by atoms with E-state index in [2.05, 4.69) is 69.3 Å². The number of aliphatic hydroxyl groups is 1. The van der Waals surface area contributed by atoms with Crippen LogP contribution < -0.4 is 5.32 Å². The zero-order chi connectivity index (χ0) is 35.9. The summed E-state index contributed by atoms with van der Waals surface area (Å²) in [5.41, 5.74) is 5.50. The molecule has 0 aromatic heterocycles. The Morgan fingerprint density at radius 1 is 0.920 bits per heavy atom. The number of nitrogens with one attached hydrogen (secondary N) is 1. The van der Waals surface area contributed by atoms with E-state index >= 15 is 0 Å². The van der Waals surface area contributed by atoms with Gasteiger partial charge in [-0.25, -0.2) is 4.79 Å². The van der Waals surface area contributed by atoms with Crippen molar-refractivity contribution in [3.05, 3.63) is 53.6 Å². The van der Waals surface area contributed by atoms with E-state index in [0.717, 1.165) is 51.6 Å². The number of benzene rings is 1. The average molecular weight is 686 g/mol. The average Bonchev–Trinajstić information content (AvgIpc) is 3.45. The third-order valence-electron chi connectivity index (χ3n) is 16.9. The normalized spacial score (nSPS) is 42.0. The van der Waals surface area contributed by atoms with Gasteiger partial charge in [-0.15, -0.1) is 0 Å². The lowest BCUT2D eigenvalue weighted by atomic mass is 9.33. The highest BCUT2D eigenvalue weighted by atomic mass is 16.4. The number of carboxylic acids is 1. The lowest BCUT2D eigenvalue weighted by Gasteiger charge is -2.72. The summed E-state index contributed by atoms with van der Waals surface area (Å²) in [6.45, 7) is 28.1. The molecule has 6 heteroatoms. The van der Waals surface area contributed by atoms with Gasteiger partial charge in [-0.05, 0) is 146 Å². The van der Waals surface area contributed by atoms with Gasteiger partial charge in [0.05, 0.1) is 5.56 Å². The van der Waals surface area contributed by atoms with Crippen molar-refractivity contribution in [3.63, 3.8) is 0 Å². The van der Waals surface area contributed by atoms with Gasteiger partial charge in [0.15, 0.2) is 0 Å². The fourth-order valence-electron chi connectivity index (χ4n) is 14.2. The number of allylic oxidation sites excluding steroid dienone is 3. The van der Waals surface area contributed by atoms with E-state index in [4.69, 9.17) is 0 Å². The number of rotatable bonds is 8. The fraction of sp³-hybridized carbons (Fsp3) is 0.750. The number of nitrogens with zero attached hydrogens (tertiary/aromatic N) is 2. The molecule has 6 aliphatic rings. The number of fused-ring (bicyclic) bond motifs is 7. The van der Waals surface area contributed by atoms with Gasteiger partial charge in [-0.2, -0.15) is 0 Å². The summed E-state index contributed by atoms with van der Waals surface area (Å²) < 4.78 is 0. The topological polar surface area (TPSA) is 76.0 Å². The Balaban J connectivity index is 1.13. The summed E-state index contributed by atoms with van der Waals surface area (Å²) >= 11 is 0. The molecule has 1 aliphatic heterocycles. The quantitative estimate of drug-likeness (QED) is 0.239. The predicted octanol–water partition coefficient (Wildman–Crippen LogP) is 8.33. The Hall–Kier alpha value is -1.99. The van der Waals surface area contributed by atoms with Crippen molar-refractivity contribution in [2.45, 2.75) is 118 Å². The van der Waals surface area contributed by atoms with Crippen LogP contribution in [0.2, 0.25) is 0 Å². The maximum absolute atomic E-state index is 11.6. The third kappa shape index (κ3) is 5.51. The summed E-state index contributed by atoms with van der Waals surface area (Å²) in [6, 6.07) is 7.64. The highest BCUT2D eigenvalue weighted by molar-refractivity contribution is 5.88. The van der Waals surface area contributed by atoms with E-state index < -0.39 is 5.97 Å². The van der Waals surface area contributed by atoms with Crippen molar-refractivity contribution in [1.29, 1.82) is 0 Å². The lowest BCUT2D eigenvalue weighted by molar-refractivity contribution is -0.219. The number of hydrogen-bond acceptors (Lipinski definition) is 5. The number of aromatic carboxylic acids is 1. The van der Waals surface area contributed by atoms with Crippen LogP contribution in [0.4, 0.5) is 0 Å². The minimum atomic E-state index is -0.858. The first kappa shape index (κ1) is 36.4. The van der Waals surface area contributed by atoms with Crippen LogP contribution in [-0.4, -0.2) is 77.0 Å². The molecule has 3 N–H and O–H groups in total. The minimum absolute atomic E-state index is 0.0297. The summed E-state index contributed by atoms with van der Waals surface area (Å²) in [4.78, 5) is 16.3. The molecule has 1 aromatic carbocycles. The molecule has 0 amide bonds. The van der Waals surface area contributed by atoms with Crippen LogP contribution >= 0.6 is 0 Å². The SMILES string of the molecule is C=C(C)C1CCC2(NCCN3CCN(C(C)O)CC3)CCC3(C)C(CCC4C5(C)CC=C(c6ccc(C(=O)O)cc6)C(C)(C)C5CCC43C)C12. The van der Waals surface area contributed by atoms with Gasteiger partial charge in [0.1, 0.15) is 6.23 Å². The van der Waals surface area contributed by atoms with E-state index in [0.29, 0.717) is 40.1 Å². The molecule has 10 atom stereocenters. The largest absolute Gasteiger partial charge is 0.478 e. The smallest absolute Gasteiger partial charge is 0.335 e. The van der Waals surface area contributed by atoms with Gasteiger partial charge in [-0.3, -0.25) is 9.80 Å². The highest BCUT2D eigenvalue weighted by Crippen LogP contribution is 2.76. The number of aliphatic hydroxyl groups excluding tert-OH is 1. The van der Waals surface area contributed by atoms with Gasteiger partial charge >= 0.3 is 5.97 Å². The van der Waals surface area contributed by atoms with E-state index in [-0.39, 0.29) is 22.6 Å². The summed E-state index contributed by atoms with van der Waals surface area (Å²) in [7, 11) is 0. The number of carbonyl (C=O) groups is 1. The molecule has 0 bridgehead atoms. The van der Waals surface area contributed by atoms with Gasteiger partial charge < -0.3 is 15.5 Å². The molecule has 50 heavy (non-hydrogen) atoms. The Morgan fingerprint density at radius 2 is 1.62 bits per heavy atom. The zero-order valence-electron chi connectivity index (χ0n) is 32.4. The predicted molar refractivity (Wildman–Crippen MR) is 204 cm³/mol. The van der Waals surface area contributed by atoms with Crippen LogP contribution in [0.25, 0.3) is 5.57 Å². The summed E-state index contributed by atoms with van der Waals surface area (Å²) in [5, 5.41) is 23.8. The monoisotopic (exact) mass is 686 g/mol. The molecular formula is C44H67N3O3. The Bertz CT molecular complexity index is 1490. The second-order valence-corrected chi connectivity index (χ2v) is 19.2. The van der Waals surface area contributed by atoms with Crippen molar-refractivity contribution in [2.75, 3.05) is 39.3 Å². The maximum atomic E-state index is 11.6. The highest BCUT2D eigenvalue weighted by Gasteiger charge is 2.70. The minimum Gasteiger partial charge on any atom is -0.478 e. The van der Waals surface area contributed by atoms with Crippen molar-refractivity contribution >= 4 is 11.5 Å². The van der Waals surface area contributed by atoms with Gasteiger partial charge in [0.25, 0.3) is 0 Å². The van der Waals surface area contributed by atoms with Crippen molar-refractivity contribution < 1.29 is 15.0 Å². The molecule has 1 aromatic rings. The fourth-order valence-corrected chi connectivity index (χ4v) is 14.2. The van der Waals surface area contributed by atoms with E-state index in [1.54, 1.807) is 12.1 Å². The van der Waals surface area contributed by atoms with Crippen molar-refractivity contribution in [1.82, 2.24) is 15.1 Å². The van der Waals surface area contributed by atoms with Gasteiger partial charge in [0, 0.05) is 44.8 Å². The molecule has 1 saturated heterocycles. The molecule has 6 nitrogen and oxygen atoms in total. The number of piperazine rings is 1. The zero-order valence-corrected chi connectivity index (χ0v) is 32.4. The van der Waals surface area contributed by atoms with Crippen molar-refractivity contribution in [2.24, 2.45) is 51.2 Å². The van der Waals surface area contributed by atoms with Gasteiger partial charge in [0.2, 0.25) is 0 Å². The van der Waals surface area contributed by atoms with Crippen LogP contribution in [0, 0.1) is 51.2 Å². The second kappa shape index (κ2) is 12.8. The van der Waals surface area contributed by atoms with E-state index in [9.17, 15) is 15.0 Å². The molecule has 5 fully saturated rings. The number of carboxylic acid groups (broad SMARTS) is 1. The first-order valence-electron chi connectivity index (χ1n) is 20.2. The molecule has 4 saturated carbocycles. The first-order valence-corrected chi connectivity index (χ1v) is 20.2. The molecule has 5 aliphatic carbocycles. The van der Waals surface area contributed by atoms with Crippen LogP contribution in [0.3, 0.4) is 0 Å². The molecular weight excluding hydrogens is 619 g/mol. The van der Waals surface area contributed by atoms with E-state index in [1.165, 1.54) is 68.1 Å². The third-order valence-corrected chi connectivity index (χ3v) is 16.9. The Morgan fingerprint density at radius 3 is 2.26 bits per heavy atom. The molecule has 7 rings (SSSR count). The maximum Gasteiger partial charge on any atom is 0.335 e. The lowest BCUT2D eigenvalue weighted by Crippen LogP contribution is -2.68. The van der Waals surface area contributed by atoms with Crippen LogP contribution in [0.5, 0.6) is 0 Å².